The van der Waals surface area contributed by atoms with E-state index in [2.05, 4.69) is 32.6 Å². The third-order valence-electron chi connectivity index (χ3n) is 6.95. The Balaban J connectivity index is 1.77. The SMILES string of the molecule is C=C1[C@H](O)CC(=CC=C2CCCC3(C)C(CC)CCC23)C[C@H]1O. The molecule has 2 heteroatoms. The van der Waals surface area contributed by atoms with Crippen LogP contribution < -0.4 is 0 Å². The Morgan fingerprint density at radius 2 is 1.87 bits per heavy atom. The van der Waals surface area contributed by atoms with Crippen LogP contribution in [0.1, 0.15) is 65.2 Å². The zero-order chi connectivity index (χ0) is 16.6. The van der Waals surface area contributed by atoms with E-state index >= 15 is 0 Å². The summed E-state index contributed by atoms with van der Waals surface area (Å²) in [7, 11) is 0. The fourth-order valence-corrected chi connectivity index (χ4v) is 5.44. The minimum atomic E-state index is -0.587. The van der Waals surface area contributed by atoms with Gasteiger partial charge in [-0.25, -0.2) is 0 Å². The first-order valence-electron chi connectivity index (χ1n) is 9.39. The van der Waals surface area contributed by atoms with Crippen molar-refractivity contribution in [1.29, 1.82) is 0 Å². The van der Waals surface area contributed by atoms with Crippen molar-refractivity contribution in [3.63, 3.8) is 0 Å². The molecule has 3 fully saturated rings. The lowest BCUT2D eigenvalue weighted by molar-refractivity contribution is 0.123. The lowest BCUT2D eigenvalue weighted by Crippen LogP contribution is -2.33. The molecule has 3 saturated carbocycles. The van der Waals surface area contributed by atoms with Gasteiger partial charge in [-0.15, -0.1) is 0 Å². The van der Waals surface area contributed by atoms with E-state index in [1.54, 1.807) is 5.57 Å². The first kappa shape index (κ1) is 17.0. The monoisotopic (exact) mass is 316 g/mol. The summed E-state index contributed by atoms with van der Waals surface area (Å²) in [6, 6.07) is 0. The summed E-state index contributed by atoms with van der Waals surface area (Å²) in [4.78, 5) is 0. The molecule has 0 radical (unpaired) electrons. The summed E-state index contributed by atoms with van der Waals surface area (Å²) in [5, 5.41) is 20.0. The van der Waals surface area contributed by atoms with Gasteiger partial charge in [0.25, 0.3) is 0 Å². The van der Waals surface area contributed by atoms with Crippen molar-refractivity contribution >= 4 is 0 Å². The molecule has 23 heavy (non-hydrogen) atoms. The highest BCUT2D eigenvalue weighted by Crippen LogP contribution is 2.58. The zero-order valence-corrected chi connectivity index (χ0v) is 14.7. The van der Waals surface area contributed by atoms with Crippen LogP contribution in [0.2, 0.25) is 0 Å². The number of fused-ring (bicyclic) bond motifs is 1. The van der Waals surface area contributed by atoms with E-state index in [1.807, 2.05) is 0 Å². The predicted octanol–water partition coefficient (Wildman–Crippen LogP) is 4.54. The van der Waals surface area contributed by atoms with Gasteiger partial charge >= 0.3 is 0 Å². The zero-order valence-electron chi connectivity index (χ0n) is 14.7. The van der Waals surface area contributed by atoms with Crippen molar-refractivity contribution < 1.29 is 10.2 Å². The van der Waals surface area contributed by atoms with Gasteiger partial charge in [-0.3, -0.25) is 0 Å². The van der Waals surface area contributed by atoms with Gasteiger partial charge in [0.05, 0.1) is 12.2 Å². The molecule has 3 unspecified atom stereocenters. The first-order chi connectivity index (χ1) is 11.0. The Kier molecular flexibility index (Phi) is 4.85. The van der Waals surface area contributed by atoms with Crippen LogP contribution in [-0.4, -0.2) is 22.4 Å². The summed E-state index contributed by atoms with van der Waals surface area (Å²) in [6.07, 6.45) is 12.5. The van der Waals surface area contributed by atoms with Crippen LogP contribution in [0.4, 0.5) is 0 Å². The van der Waals surface area contributed by atoms with Gasteiger partial charge in [0.1, 0.15) is 0 Å². The van der Waals surface area contributed by atoms with Crippen molar-refractivity contribution in [3.05, 3.63) is 35.5 Å². The second-order valence-corrected chi connectivity index (χ2v) is 8.18. The van der Waals surface area contributed by atoms with Crippen LogP contribution >= 0.6 is 0 Å². The van der Waals surface area contributed by atoms with Gasteiger partial charge in [-0.05, 0) is 67.8 Å². The lowest BCUT2D eigenvalue weighted by Gasteiger charge is -2.42. The molecule has 0 aromatic carbocycles. The minimum Gasteiger partial charge on any atom is -0.388 e. The van der Waals surface area contributed by atoms with Gasteiger partial charge in [0.2, 0.25) is 0 Å². The molecule has 2 N–H and O–H groups in total. The number of rotatable bonds is 2. The van der Waals surface area contributed by atoms with Crippen molar-refractivity contribution in [2.45, 2.75) is 77.4 Å². The topological polar surface area (TPSA) is 40.5 Å². The van der Waals surface area contributed by atoms with E-state index in [4.69, 9.17) is 0 Å². The van der Waals surface area contributed by atoms with Gasteiger partial charge in [0.15, 0.2) is 0 Å². The van der Waals surface area contributed by atoms with E-state index in [0.717, 1.165) is 17.4 Å². The normalized spacial score (nSPS) is 42.9. The molecule has 0 bridgehead atoms. The Hall–Kier alpha value is -0.860. The van der Waals surface area contributed by atoms with E-state index in [9.17, 15) is 10.2 Å². The van der Waals surface area contributed by atoms with Crippen LogP contribution in [0.3, 0.4) is 0 Å². The maximum absolute atomic E-state index is 9.99. The van der Waals surface area contributed by atoms with Crippen LogP contribution in [0.25, 0.3) is 0 Å². The molecule has 0 spiro atoms. The molecule has 3 aliphatic rings. The van der Waals surface area contributed by atoms with Gasteiger partial charge in [-0.2, -0.15) is 0 Å². The molecule has 128 valence electrons. The maximum Gasteiger partial charge on any atom is 0.0809 e. The third kappa shape index (κ3) is 3.08. The molecule has 0 aromatic heterocycles. The fourth-order valence-electron chi connectivity index (χ4n) is 5.44. The molecule has 0 aromatic rings. The second kappa shape index (κ2) is 6.57. The third-order valence-corrected chi connectivity index (χ3v) is 6.95. The standard InChI is InChI=1S/C21H32O2/c1-4-17-9-10-18-16(6-5-11-21(17,18)3)8-7-15-12-19(22)14(2)20(23)13-15/h7-8,17-20,22-23H,2,4-6,9-13H2,1,3H3/t17?,18?,19-,20-,21?/m1/s1. The number of aliphatic hydroxyl groups is 2. The molecule has 3 aliphatic carbocycles. The average Bonchev–Trinajstić information content (AvgIpc) is 2.87. The molecular weight excluding hydrogens is 284 g/mol. The van der Waals surface area contributed by atoms with E-state index in [0.29, 0.717) is 23.8 Å². The van der Waals surface area contributed by atoms with E-state index in [1.165, 1.54) is 38.5 Å². The summed E-state index contributed by atoms with van der Waals surface area (Å²) in [5.41, 5.74) is 3.83. The lowest BCUT2D eigenvalue weighted by atomic mass is 9.63. The minimum absolute atomic E-state index is 0.497. The molecule has 3 rings (SSSR count). The molecule has 0 amide bonds. The summed E-state index contributed by atoms with van der Waals surface area (Å²) >= 11 is 0. The first-order valence-corrected chi connectivity index (χ1v) is 9.39. The number of allylic oxidation sites excluding steroid dienone is 3. The van der Waals surface area contributed by atoms with Crippen LogP contribution in [-0.2, 0) is 0 Å². The maximum atomic E-state index is 9.99. The second-order valence-electron chi connectivity index (χ2n) is 8.18. The highest BCUT2D eigenvalue weighted by Gasteiger charge is 2.48. The molecule has 0 heterocycles. The van der Waals surface area contributed by atoms with E-state index < -0.39 is 12.2 Å². The van der Waals surface area contributed by atoms with Crippen LogP contribution in [0, 0.1) is 17.3 Å². The summed E-state index contributed by atoms with van der Waals surface area (Å²) in [5.74, 6) is 1.62. The summed E-state index contributed by atoms with van der Waals surface area (Å²) in [6.45, 7) is 8.64. The molecular formula is C21H32O2. The number of aliphatic hydroxyl groups excluding tert-OH is 2. The summed E-state index contributed by atoms with van der Waals surface area (Å²) < 4.78 is 0. The molecule has 5 atom stereocenters. The largest absolute Gasteiger partial charge is 0.388 e. The molecule has 0 saturated heterocycles. The van der Waals surface area contributed by atoms with Crippen molar-refractivity contribution in [3.8, 4) is 0 Å². The Morgan fingerprint density at radius 1 is 1.17 bits per heavy atom. The van der Waals surface area contributed by atoms with Gasteiger partial charge in [0, 0.05) is 0 Å². The average molecular weight is 316 g/mol. The van der Waals surface area contributed by atoms with Crippen LogP contribution in [0.5, 0.6) is 0 Å². The van der Waals surface area contributed by atoms with Gasteiger partial charge < -0.3 is 10.2 Å². The Labute approximate surface area is 141 Å². The van der Waals surface area contributed by atoms with E-state index in [-0.39, 0.29) is 0 Å². The van der Waals surface area contributed by atoms with Crippen molar-refractivity contribution in [1.82, 2.24) is 0 Å². The Bertz CT molecular complexity index is 514. The highest BCUT2D eigenvalue weighted by atomic mass is 16.3. The molecule has 2 nitrogen and oxygen atoms in total. The smallest absolute Gasteiger partial charge is 0.0809 e. The van der Waals surface area contributed by atoms with Crippen molar-refractivity contribution in [2.24, 2.45) is 17.3 Å². The van der Waals surface area contributed by atoms with Gasteiger partial charge in [-0.1, -0.05) is 50.1 Å². The highest BCUT2D eigenvalue weighted by molar-refractivity contribution is 5.29. The molecule has 0 aliphatic heterocycles. The Morgan fingerprint density at radius 3 is 2.52 bits per heavy atom. The van der Waals surface area contributed by atoms with Crippen LogP contribution in [0.15, 0.2) is 35.5 Å². The fraction of sp³-hybridized carbons (Fsp3) is 0.714. The number of hydrogen-bond donors (Lipinski definition) is 2. The quantitative estimate of drug-likeness (QED) is 0.734. The number of hydrogen-bond acceptors (Lipinski definition) is 2. The predicted molar refractivity (Wildman–Crippen MR) is 95.0 cm³/mol. The van der Waals surface area contributed by atoms with Crippen molar-refractivity contribution in [2.75, 3.05) is 0 Å².